The Balaban J connectivity index is 1.50. The van der Waals surface area contributed by atoms with Crippen molar-refractivity contribution in [1.82, 2.24) is 9.55 Å². The molecule has 1 fully saturated rings. The van der Waals surface area contributed by atoms with E-state index >= 15 is 0 Å². The first-order valence-corrected chi connectivity index (χ1v) is 14.2. The van der Waals surface area contributed by atoms with Gasteiger partial charge in [0.15, 0.2) is 10.9 Å². The van der Waals surface area contributed by atoms with Crippen molar-refractivity contribution in [2.24, 2.45) is 5.14 Å². The van der Waals surface area contributed by atoms with Crippen LogP contribution in [0.3, 0.4) is 0 Å². The second-order valence-corrected chi connectivity index (χ2v) is 11.3. The third kappa shape index (κ3) is 5.67. The minimum atomic E-state index is -3.80. The number of aryl methyl sites for hydroxylation is 1. The molecule has 6 nitrogen and oxygen atoms in total. The molecule has 1 aromatic heterocycles. The number of sulfonamides is 1. The van der Waals surface area contributed by atoms with Gasteiger partial charge in [-0.05, 0) is 48.9 Å². The average molecular weight is 486 g/mol. The maximum atomic E-state index is 12.9. The number of carbonyl (C=O) groups excluding carboxylic acids is 1. The Bertz CT molecular complexity index is 1230. The molecule has 0 unspecified atom stereocenters. The number of hydrogen-bond acceptors (Lipinski definition) is 5. The van der Waals surface area contributed by atoms with Gasteiger partial charge in [0.05, 0.1) is 21.7 Å². The monoisotopic (exact) mass is 485 g/mol. The van der Waals surface area contributed by atoms with Crippen molar-refractivity contribution in [3.63, 3.8) is 0 Å². The van der Waals surface area contributed by atoms with Gasteiger partial charge in [-0.2, -0.15) is 0 Å². The van der Waals surface area contributed by atoms with Gasteiger partial charge in [-0.25, -0.2) is 18.5 Å². The number of nitrogens with two attached hydrogens (primary N) is 1. The summed E-state index contributed by atoms with van der Waals surface area (Å²) in [5.74, 6) is 0.966. The fourth-order valence-corrected chi connectivity index (χ4v) is 5.97. The number of primary sulfonamides is 1. The molecule has 0 amide bonds. The van der Waals surface area contributed by atoms with Gasteiger partial charge in [-0.1, -0.05) is 68.6 Å². The molecular formula is C25H31N3O3S2. The molecule has 176 valence electrons. The number of thioether (sulfide) groups is 1. The van der Waals surface area contributed by atoms with E-state index in [1.54, 1.807) is 6.07 Å². The van der Waals surface area contributed by atoms with E-state index in [9.17, 15) is 13.2 Å². The van der Waals surface area contributed by atoms with Gasteiger partial charge in [0, 0.05) is 12.1 Å². The van der Waals surface area contributed by atoms with Gasteiger partial charge in [-0.15, -0.1) is 0 Å². The Kier molecular flexibility index (Phi) is 7.56. The summed E-state index contributed by atoms with van der Waals surface area (Å²) in [7, 11) is -3.80. The molecule has 2 N–H and O–H groups in total. The van der Waals surface area contributed by atoms with Gasteiger partial charge < -0.3 is 4.57 Å². The molecule has 1 heterocycles. The number of carbonyl (C=O) groups is 1. The summed E-state index contributed by atoms with van der Waals surface area (Å²) in [6.07, 6.45) is 8.38. The zero-order valence-electron chi connectivity index (χ0n) is 19.0. The number of Topliss-reactive ketones (excluding diaryl/α,β-unsaturated/α-hetero) is 1. The van der Waals surface area contributed by atoms with Gasteiger partial charge in [0.25, 0.3) is 0 Å². The zero-order chi connectivity index (χ0) is 23.4. The smallest absolute Gasteiger partial charge is 0.238 e. The van der Waals surface area contributed by atoms with Gasteiger partial charge in [-0.3, -0.25) is 4.79 Å². The van der Waals surface area contributed by atoms with Crippen molar-refractivity contribution >= 4 is 38.6 Å². The van der Waals surface area contributed by atoms with Crippen LogP contribution in [0.1, 0.15) is 73.7 Å². The Morgan fingerprint density at radius 1 is 1.12 bits per heavy atom. The number of benzene rings is 2. The van der Waals surface area contributed by atoms with Crippen molar-refractivity contribution in [2.45, 2.75) is 74.4 Å². The Morgan fingerprint density at radius 3 is 2.52 bits per heavy atom. The number of hydrogen-bond donors (Lipinski definition) is 1. The van der Waals surface area contributed by atoms with Crippen molar-refractivity contribution < 1.29 is 13.2 Å². The van der Waals surface area contributed by atoms with Crippen LogP contribution >= 0.6 is 11.8 Å². The maximum Gasteiger partial charge on any atom is 0.238 e. The molecule has 4 rings (SSSR count). The van der Waals surface area contributed by atoms with E-state index < -0.39 is 10.0 Å². The first-order chi connectivity index (χ1) is 15.9. The molecular weight excluding hydrogens is 454 g/mol. The van der Waals surface area contributed by atoms with Crippen LogP contribution in [0, 0.1) is 0 Å². The summed E-state index contributed by atoms with van der Waals surface area (Å²) in [5.41, 5.74) is 3.48. The lowest BCUT2D eigenvalue weighted by Gasteiger charge is -2.22. The van der Waals surface area contributed by atoms with Crippen molar-refractivity contribution in [1.29, 1.82) is 0 Å². The van der Waals surface area contributed by atoms with Crippen molar-refractivity contribution in [3.8, 4) is 0 Å². The highest BCUT2D eigenvalue weighted by atomic mass is 32.2. The summed E-state index contributed by atoms with van der Waals surface area (Å²) in [6, 6.07) is 12.9. The number of rotatable bonds is 9. The summed E-state index contributed by atoms with van der Waals surface area (Å²) in [4.78, 5) is 17.6. The van der Waals surface area contributed by atoms with Crippen molar-refractivity contribution in [3.05, 3.63) is 53.6 Å². The maximum absolute atomic E-state index is 12.9. The Morgan fingerprint density at radius 2 is 1.85 bits per heavy atom. The summed E-state index contributed by atoms with van der Waals surface area (Å²) in [6.45, 7) is 2.87. The fourth-order valence-electron chi connectivity index (χ4n) is 4.50. The van der Waals surface area contributed by atoms with Gasteiger partial charge in [0.2, 0.25) is 10.0 Å². The van der Waals surface area contributed by atoms with Crippen LogP contribution in [0.4, 0.5) is 0 Å². The molecule has 1 aliphatic carbocycles. The SMILES string of the molecule is CCCCn1c(SCC(=O)c2ccc(C3CCCCC3)cc2)nc2cc(S(N)(=O)=O)ccc21. The number of ketones is 1. The fraction of sp³-hybridized carbons (Fsp3) is 0.440. The molecule has 2 aromatic carbocycles. The minimum Gasteiger partial charge on any atom is -0.319 e. The lowest BCUT2D eigenvalue weighted by molar-refractivity contribution is 0.102. The third-order valence-electron chi connectivity index (χ3n) is 6.39. The molecule has 0 aliphatic heterocycles. The number of imidazole rings is 1. The number of fused-ring (bicyclic) bond motifs is 1. The molecule has 0 spiro atoms. The van der Waals surface area contributed by atoms with Gasteiger partial charge in [0.1, 0.15) is 0 Å². The van der Waals surface area contributed by atoms with E-state index in [0.29, 0.717) is 11.4 Å². The Labute approximate surface area is 200 Å². The van der Waals surface area contributed by atoms with Crippen LogP contribution in [0.25, 0.3) is 11.0 Å². The van der Waals surface area contributed by atoms with E-state index in [-0.39, 0.29) is 16.4 Å². The van der Waals surface area contributed by atoms with Crippen LogP contribution in [-0.4, -0.2) is 29.5 Å². The minimum absolute atomic E-state index is 0.0424. The standard InChI is InChI=1S/C25H31N3O3S2/c1-2-3-15-28-23-14-13-21(33(26,30)31)16-22(23)27-25(28)32-17-24(29)20-11-9-19(10-12-20)18-7-5-4-6-8-18/h9-14,16,18H,2-8,15,17H2,1H3,(H2,26,30,31). The number of nitrogens with zero attached hydrogens (tertiary/aromatic N) is 2. The van der Waals surface area contributed by atoms with E-state index in [1.807, 2.05) is 12.1 Å². The molecule has 3 aromatic rings. The van der Waals surface area contributed by atoms with E-state index in [1.165, 1.54) is 61.6 Å². The quantitative estimate of drug-likeness (QED) is 0.319. The lowest BCUT2D eigenvalue weighted by Crippen LogP contribution is -2.11. The van der Waals surface area contributed by atoms with E-state index in [2.05, 4.69) is 28.6 Å². The van der Waals surface area contributed by atoms with Crippen LogP contribution < -0.4 is 5.14 Å². The Hall–Kier alpha value is -2.16. The van der Waals surface area contributed by atoms with E-state index in [0.717, 1.165) is 35.6 Å². The highest BCUT2D eigenvalue weighted by molar-refractivity contribution is 7.99. The lowest BCUT2D eigenvalue weighted by atomic mass is 9.84. The largest absolute Gasteiger partial charge is 0.319 e. The molecule has 0 atom stereocenters. The van der Waals surface area contributed by atoms with Crippen LogP contribution in [-0.2, 0) is 16.6 Å². The second kappa shape index (κ2) is 10.4. The average Bonchev–Trinajstić information content (AvgIpc) is 3.18. The first-order valence-electron chi connectivity index (χ1n) is 11.7. The highest BCUT2D eigenvalue weighted by Crippen LogP contribution is 2.33. The molecule has 1 saturated carbocycles. The molecule has 1 aliphatic rings. The summed E-state index contributed by atoms with van der Waals surface area (Å²) >= 11 is 1.39. The summed E-state index contributed by atoms with van der Waals surface area (Å²) in [5, 5.41) is 6.00. The molecule has 0 radical (unpaired) electrons. The highest BCUT2D eigenvalue weighted by Gasteiger charge is 2.18. The molecule has 8 heteroatoms. The van der Waals surface area contributed by atoms with Crippen LogP contribution in [0.2, 0.25) is 0 Å². The van der Waals surface area contributed by atoms with E-state index in [4.69, 9.17) is 5.14 Å². The predicted octanol–water partition coefficient (Wildman–Crippen LogP) is 5.51. The van der Waals surface area contributed by atoms with Crippen LogP contribution in [0.5, 0.6) is 0 Å². The molecule has 0 bridgehead atoms. The topological polar surface area (TPSA) is 95.0 Å². The van der Waals surface area contributed by atoms with Gasteiger partial charge >= 0.3 is 0 Å². The zero-order valence-corrected chi connectivity index (χ0v) is 20.6. The molecule has 0 saturated heterocycles. The molecule has 33 heavy (non-hydrogen) atoms. The predicted molar refractivity (Wildman–Crippen MR) is 133 cm³/mol. The third-order valence-corrected chi connectivity index (χ3v) is 8.28. The number of aromatic nitrogens is 2. The second-order valence-electron chi connectivity index (χ2n) is 8.76. The first kappa shape index (κ1) is 24.0. The number of unbranched alkanes of at least 4 members (excludes halogenated alkanes) is 1. The normalized spacial score (nSPS) is 15.2. The summed E-state index contributed by atoms with van der Waals surface area (Å²) < 4.78 is 25.5. The van der Waals surface area contributed by atoms with Crippen molar-refractivity contribution in [2.75, 3.05) is 5.75 Å². The van der Waals surface area contributed by atoms with Crippen LogP contribution in [0.15, 0.2) is 52.5 Å².